The largest absolute Gasteiger partial charge is 0.377 e. The maximum atomic E-state index is 5.54. The molecule has 0 amide bonds. The van der Waals surface area contributed by atoms with Gasteiger partial charge in [0.15, 0.2) is 0 Å². The minimum atomic E-state index is 0.479. The fourth-order valence-electron chi connectivity index (χ4n) is 1.82. The smallest absolute Gasteiger partial charge is 0.0665 e. The minimum absolute atomic E-state index is 0.479. The molecular formula is C12H16O. The highest BCUT2D eigenvalue weighted by molar-refractivity contribution is 5.16. The van der Waals surface area contributed by atoms with E-state index in [0.29, 0.717) is 6.10 Å². The van der Waals surface area contributed by atoms with E-state index in [1.807, 2.05) is 0 Å². The second kappa shape index (κ2) is 3.93. The van der Waals surface area contributed by atoms with Crippen molar-refractivity contribution >= 4 is 0 Å². The van der Waals surface area contributed by atoms with Gasteiger partial charge in [0.1, 0.15) is 0 Å². The number of hydrogen-bond donors (Lipinski definition) is 0. The lowest BCUT2D eigenvalue weighted by atomic mass is 9.90. The van der Waals surface area contributed by atoms with E-state index in [0.717, 1.165) is 18.9 Å². The summed E-state index contributed by atoms with van der Waals surface area (Å²) in [6.07, 6.45) is 2.81. The van der Waals surface area contributed by atoms with Crippen LogP contribution >= 0.6 is 0 Å². The molecule has 1 heteroatoms. The van der Waals surface area contributed by atoms with Crippen molar-refractivity contribution in [3.63, 3.8) is 0 Å². The Morgan fingerprint density at radius 1 is 1.31 bits per heavy atom. The molecule has 1 aromatic rings. The van der Waals surface area contributed by atoms with Crippen molar-refractivity contribution in [3.8, 4) is 0 Å². The molecule has 0 spiro atoms. The van der Waals surface area contributed by atoms with Crippen molar-refractivity contribution in [2.45, 2.75) is 25.9 Å². The number of hydrogen-bond acceptors (Lipinski definition) is 1. The van der Waals surface area contributed by atoms with Crippen molar-refractivity contribution in [2.75, 3.05) is 6.61 Å². The predicted molar refractivity (Wildman–Crippen MR) is 53.7 cm³/mol. The molecule has 2 unspecified atom stereocenters. The van der Waals surface area contributed by atoms with Crippen LogP contribution < -0.4 is 0 Å². The third-order valence-corrected chi connectivity index (χ3v) is 2.85. The van der Waals surface area contributed by atoms with Gasteiger partial charge in [0.2, 0.25) is 0 Å². The Bertz CT molecular complexity index is 253. The van der Waals surface area contributed by atoms with E-state index in [4.69, 9.17) is 4.74 Å². The molecule has 0 N–H and O–H groups in total. The summed E-state index contributed by atoms with van der Waals surface area (Å²) >= 11 is 0. The second-order valence-electron chi connectivity index (χ2n) is 3.73. The molecule has 1 nitrogen and oxygen atoms in total. The summed E-state index contributed by atoms with van der Waals surface area (Å²) in [5, 5.41) is 0. The van der Waals surface area contributed by atoms with Crippen LogP contribution in [0, 0.1) is 5.92 Å². The summed E-state index contributed by atoms with van der Waals surface area (Å²) in [6, 6.07) is 10.6. The van der Waals surface area contributed by atoms with Crippen LogP contribution in [0.15, 0.2) is 30.3 Å². The number of ether oxygens (including phenoxy) is 1. The summed E-state index contributed by atoms with van der Waals surface area (Å²) in [4.78, 5) is 0. The average molecular weight is 176 g/mol. The van der Waals surface area contributed by atoms with Crippen LogP contribution in [-0.2, 0) is 11.2 Å². The molecule has 2 atom stereocenters. The first-order valence-electron chi connectivity index (χ1n) is 5.05. The molecule has 0 aliphatic carbocycles. The molecule has 70 valence electrons. The minimum Gasteiger partial charge on any atom is -0.377 e. The summed E-state index contributed by atoms with van der Waals surface area (Å²) in [5.74, 6) is 0.792. The van der Waals surface area contributed by atoms with Crippen LogP contribution in [-0.4, -0.2) is 12.7 Å². The Balaban J connectivity index is 1.92. The van der Waals surface area contributed by atoms with Gasteiger partial charge in [0.25, 0.3) is 0 Å². The zero-order chi connectivity index (χ0) is 9.10. The van der Waals surface area contributed by atoms with Crippen molar-refractivity contribution in [1.29, 1.82) is 0 Å². The van der Waals surface area contributed by atoms with Gasteiger partial charge in [0.05, 0.1) is 12.7 Å². The zero-order valence-corrected chi connectivity index (χ0v) is 8.07. The van der Waals surface area contributed by atoms with Gasteiger partial charge in [-0.1, -0.05) is 37.3 Å². The number of rotatable bonds is 3. The lowest BCUT2D eigenvalue weighted by Gasteiger charge is -2.36. The van der Waals surface area contributed by atoms with Crippen LogP contribution in [0.5, 0.6) is 0 Å². The molecule has 0 radical (unpaired) electrons. The SMILES string of the molecule is CCC1COC1Cc1ccccc1. The zero-order valence-electron chi connectivity index (χ0n) is 8.07. The highest BCUT2D eigenvalue weighted by Gasteiger charge is 2.29. The van der Waals surface area contributed by atoms with Crippen molar-refractivity contribution < 1.29 is 4.74 Å². The Labute approximate surface area is 79.7 Å². The van der Waals surface area contributed by atoms with Crippen molar-refractivity contribution in [1.82, 2.24) is 0 Å². The van der Waals surface area contributed by atoms with Gasteiger partial charge in [-0.25, -0.2) is 0 Å². The second-order valence-corrected chi connectivity index (χ2v) is 3.73. The summed E-state index contributed by atoms with van der Waals surface area (Å²) < 4.78 is 5.54. The van der Waals surface area contributed by atoms with Gasteiger partial charge in [-0.15, -0.1) is 0 Å². The van der Waals surface area contributed by atoms with E-state index in [2.05, 4.69) is 37.3 Å². The quantitative estimate of drug-likeness (QED) is 0.688. The maximum absolute atomic E-state index is 5.54. The standard InChI is InChI=1S/C12H16O/c1-2-11-9-13-12(11)8-10-6-4-3-5-7-10/h3-7,11-12H,2,8-9H2,1H3. The van der Waals surface area contributed by atoms with Crippen molar-refractivity contribution in [2.24, 2.45) is 5.92 Å². The van der Waals surface area contributed by atoms with Crippen LogP contribution in [0.2, 0.25) is 0 Å². The Kier molecular flexibility index (Phi) is 2.65. The van der Waals surface area contributed by atoms with Gasteiger partial charge in [-0.2, -0.15) is 0 Å². The first-order valence-corrected chi connectivity index (χ1v) is 5.05. The lowest BCUT2D eigenvalue weighted by Crippen LogP contribution is -2.40. The van der Waals surface area contributed by atoms with Crippen LogP contribution in [0.4, 0.5) is 0 Å². The van der Waals surface area contributed by atoms with Crippen LogP contribution in [0.1, 0.15) is 18.9 Å². The Morgan fingerprint density at radius 3 is 2.62 bits per heavy atom. The molecule has 1 aliphatic heterocycles. The third-order valence-electron chi connectivity index (χ3n) is 2.85. The molecule has 0 bridgehead atoms. The number of benzene rings is 1. The van der Waals surface area contributed by atoms with Crippen molar-refractivity contribution in [3.05, 3.63) is 35.9 Å². The Morgan fingerprint density at radius 2 is 2.08 bits per heavy atom. The van der Waals surface area contributed by atoms with E-state index in [1.165, 1.54) is 12.0 Å². The molecule has 2 rings (SSSR count). The Hall–Kier alpha value is -0.820. The van der Waals surface area contributed by atoms with E-state index >= 15 is 0 Å². The molecule has 1 heterocycles. The molecule has 0 saturated carbocycles. The monoisotopic (exact) mass is 176 g/mol. The molecular weight excluding hydrogens is 160 g/mol. The highest BCUT2D eigenvalue weighted by atomic mass is 16.5. The average Bonchev–Trinajstić information content (AvgIpc) is 2.15. The molecule has 0 aromatic heterocycles. The molecule has 1 saturated heterocycles. The topological polar surface area (TPSA) is 9.23 Å². The first-order chi connectivity index (χ1) is 6.40. The van der Waals surface area contributed by atoms with Crippen LogP contribution in [0.3, 0.4) is 0 Å². The van der Waals surface area contributed by atoms with Gasteiger partial charge < -0.3 is 4.74 Å². The summed E-state index contributed by atoms with van der Waals surface area (Å²) in [7, 11) is 0. The van der Waals surface area contributed by atoms with Gasteiger partial charge in [-0.3, -0.25) is 0 Å². The summed E-state index contributed by atoms with van der Waals surface area (Å²) in [6.45, 7) is 3.21. The van der Waals surface area contributed by atoms with Gasteiger partial charge in [0, 0.05) is 5.92 Å². The molecule has 13 heavy (non-hydrogen) atoms. The summed E-state index contributed by atoms with van der Waals surface area (Å²) in [5.41, 5.74) is 1.39. The normalized spacial score (nSPS) is 26.8. The van der Waals surface area contributed by atoms with Gasteiger partial charge in [-0.05, 0) is 18.4 Å². The van der Waals surface area contributed by atoms with E-state index < -0.39 is 0 Å². The fourth-order valence-corrected chi connectivity index (χ4v) is 1.82. The highest BCUT2D eigenvalue weighted by Crippen LogP contribution is 2.26. The van der Waals surface area contributed by atoms with Crippen LogP contribution in [0.25, 0.3) is 0 Å². The lowest BCUT2D eigenvalue weighted by molar-refractivity contribution is -0.114. The maximum Gasteiger partial charge on any atom is 0.0665 e. The first kappa shape index (κ1) is 8.76. The van der Waals surface area contributed by atoms with E-state index in [-0.39, 0.29) is 0 Å². The third kappa shape index (κ3) is 1.92. The van der Waals surface area contributed by atoms with E-state index in [9.17, 15) is 0 Å². The molecule has 1 aliphatic rings. The predicted octanol–water partition coefficient (Wildman–Crippen LogP) is 2.65. The molecule has 1 aromatic carbocycles. The molecule has 1 fully saturated rings. The van der Waals surface area contributed by atoms with Gasteiger partial charge >= 0.3 is 0 Å². The van der Waals surface area contributed by atoms with E-state index in [1.54, 1.807) is 0 Å². The fraction of sp³-hybridized carbons (Fsp3) is 0.500.